The highest BCUT2D eigenvalue weighted by atomic mass is 16.5. The Kier molecular flexibility index (Phi) is 8.28. The first kappa shape index (κ1) is 25.8. The van der Waals surface area contributed by atoms with E-state index in [9.17, 15) is 4.79 Å². The molecule has 2 aliphatic rings. The number of aromatic nitrogens is 4. The van der Waals surface area contributed by atoms with E-state index in [1.54, 1.807) is 0 Å². The molecule has 0 spiro atoms. The summed E-state index contributed by atoms with van der Waals surface area (Å²) in [6, 6.07) is 14.1. The van der Waals surface area contributed by atoms with Crippen LogP contribution in [-0.4, -0.2) is 90.4 Å². The summed E-state index contributed by atoms with van der Waals surface area (Å²) in [4.78, 5) is 28.1. The molecule has 0 radical (unpaired) electrons. The Labute approximate surface area is 224 Å². The van der Waals surface area contributed by atoms with Gasteiger partial charge in [0.15, 0.2) is 5.82 Å². The van der Waals surface area contributed by atoms with E-state index in [0.29, 0.717) is 19.0 Å². The Morgan fingerprint density at radius 2 is 1.71 bits per heavy atom. The van der Waals surface area contributed by atoms with E-state index in [1.165, 1.54) is 11.9 Å². The number of rotatable bonds is 8. The van der Waals surface area contributed by atoms with E-state index in [-0.39, 0.29) is 11.8 Å². The number of likely N-dealkylation sites (N-methyl/N-ethyl adjacent to an activating group) is 1. The van der Waals surface area contributed by atoms with Crippen molar-refractivity contribution in [3.8, 4) is 17.1 Å². The predicted octanol–water partition coefficient (Wildman–Crippen LogP) is 2.41. The van der Waals surface area contributed by atoms with Crippen molar-refractivity contribution in [2.45, 2.75) is 19.8 Å². The van der Waals surface area contributed by atoms with Crippen molar-refractivity contribution in [2.24, 2.45) is 5.92 Å². The molecule has 2 saturated heterocycles. The Balaban J connectivity index is 1.04. The predicted molar refractivity (Wildman–Crippen MR) is 147 cm³/mol. The number of aryl methyl sites for hydroxylation is 1. The normalized spacial score (nSPS) is 16.9. The molecule has 0 bridgehead atoms. The first-order valence-corrected chi connectivity index (χ1v) is 13.4. The van der Waals surface area contributed by atoms with E-state index in [4.69, 9.17) is 4.74 Å². The fourth-order valence-electron chi connectivity index (χ4n) is 4.96. The van der Waals surface area contributed by atoms with Crippen LogP contribution in [0.25, 0.3) is 11.3 Å². The van der Waals surface area contributed by atoms with Gasteiger partial charge in [0.25, 0.3) is 0 Å². The minimum atomic E-state index is -0.00617. The molecule has 200 valence electrons. The van der Waals surface area contributed by atoms with Gasteiger partial charge in [0.05, 0.1) is 12.2 Å². The third-order valence-corrected chi connectivity index (χ3v) is 7.37. The van der Waals surface area contributed by atoms with Gasteiger partial charge in [-0.1, -0.05) is 24.3 Å². The largest absolute Gasteiger partial charge is 0.476 e. The number of piperidine rings is 1. The van der Waals surface area contributed by atoms with Crippen LogP contribution in [0.5, 0.6) is 5.88 Å². The van der Waals surface area contributed by atoms with E-state index in [0.717, 1.165) is 75.0 Å². The number of anilines is 2. The van der Waals surface area contributed by atoms with Crippen LogP contribution in [0.4, 0.5) is 11.6 Å². The van der Waals surface area contributed by atoms with Crippen molar-refractivity contribution < 1.29 is 9.53 Å². The number of piperazine rings is 1. The number of amides is 1. The first-order valence-electron chi connectivity index (χ1n) is 13.4. The average molecular weight is 517 g/mol. The maximum absolute atomic E-state index is 12.7. The third kappa shape index (κ3) is 6.36. The second-order valence-corrected chi connectivity index (χ2v) is 10.00. The Bertz CT molecular complexity index is 1210. The highest BCUT2D eigenvalue weighted by molar-refractivity contribution is 5.79. The molecule has 3 aromatic rings. The van der Waals surface area contributed by atoms with Crippen molar-refractivity contribution in [3.05, 3.63) is 54.4 Å². The van der Waals surface area contributed by atoms with E-state index in [2.05, 4.69) is 66.3 Å². The molecule has 2 aromatic heterocycles. The van der Waals surface area contributed by atoms with Crippen LogP contribution in [-0.2, 0) is 4.79 Å². The van der Waals surface area contributed by atoms with Gasteiger partial charge in [0.1, 0.15) is 18.8 Å². The summed E-state index contributed by atoms with van der Waals surface area (Å²) < 4.78 is 5.79. The number of ether oxygens (including phenoxy) is 1. The Hall–Kier alpha value is -3.79. The number of nitrogens with zero attached hydrogens (tertiary/aromatic N) is 7. The monoisotopic (exact) mass is 516 g/mol. The molecule has 0 saturated carbocycles. The zero-order valence-electron chi connectivity index (χ0n) is 22.2. The number of hydrogen-bond acceptors (Lipinski definition) is 9. The van der Waals surface area contributed by atoms with Crippen LogP contribution in [0, 0.1) is 12.8 Å². The van der Waals surface area contributed by atoms with Crippen molar-refractivity contribution in [1.82, 2.24) is 30.4 Å². The van der Waals surface area contributed by atoms with E-state index in [1.807, 2.05) is 30.3 Å². The van der Waals surface area contributed by atoms with Gasteiger partial charge in [0.2, 0.25) is 11.8 Å². The topological polar surface area (TPSA) is 99.6 Å². The number of nitrogens with one attached hydrogen (secondary N) is 1. The summed E-state index contributed by atoms with van der Waals surface area (Å²) in [6.07, 6.45) is 3.11. The highest BCUT2D eigenvalue weighted by Gasteiger charge is 2.25. The molecule has 1 N–H and O–H groups in total. The van der Waals surface area contributed by atoms with Gasteiger partial charge < -0.3 is 24.8 Å². The van der Waals surface area contributed by atoms with Crippen molar-refractivity contribution >= 4 is 17.5 Å². The molecule has 0 aliphatic carbocycles. The molecule has 2 fully saturated rings. The smallest absolute Gasteiger partial charge is 0.223 e. The fraction of sp³-hybridized carbons (Fsp3) is 0.464. The van der Waals surface area contributed by atoms with Gasteiger partial charge in [-0.15, -0.1) is 10.2 Å². The zero-order chi connectivity index (χ0) is 26.3. The average Bonchev–Trinajstić information content (AvgIpc) is 2.96. The van der Waals surface area contributed by atoms with Crippen LogP contribution in [0.15, 0.2) is 48.8 Å². The van der Waals surface area contributed by atoms with E-state index >= 15 is 0 Å². The van der Waals surface area contributed by atoms with Crippen molar-refractivity contribution in [1.29, 1.82) is 0 Å². The Morgan fingerprint density at radius 3 is 2.45 bits per heavy atom. The lowest BCUT2D eigenvalue weighted by Gasteiger charge is -2.33. The van der Waals surface area contributed by atoms with Gasteiger partial charge in [-0.25, -0.2) is 9.97 Å². The van der Waals surface area contributed by atoms with Gasteiger partial charge in [0, 0.05) is 56.8 Å². The van der Waals surface area contributed by atoms with Crippen LogP contribution >= 0.6 is 0 Å². The summed E-state index contributed by atoms with van der Waals surface area (Å²) in [7, 11) is 2.13. The zero-order valence-corrected chi connectivity index (χ0v) is 22.2. The maximum Gasteiger partial charge on any atom is 0.223 e. The molecule has 1 aromatic carbocycles. The number of hydrogen-bond donors (Lipinski definition) is 1. The molecule has 10 nitrogen and oxygen atoms in total. The van der Waals surface area contributed by atoms with Crippen LogP contribution in [0.3, 0.4) is 0 Å². The summed E-state index contributed by atoms with van der Waals surface area (Å²) in [5, 5.41) is 11.9. The lowest BCUT2D eigenvalue weighted by atomic mass is 9.96. The Morgan fingerprint density at radius 1 is 0.947 bits per heavy atom. The molecular formula is C28H36N8O2. The number of benzene rings is 1. The quantitative estimate of drug-likeness (QED) is 0.453. The second-order valence-electron chi connectivity index (χ2n) is 10.00. The minimum Gasteiger partial charge on any atom is -0.476 e. The number of carbonyl (C=O) groups is 1. The molecular weight excluding hydrogens is 480 g/mol. The summed E-state index contributed by atoms with van der Waals surface area (Å²) in [5.41, 5.74) is 3.15. The van der Waals surface area contributed by atoms with Gasteiger partial charge >= 0.3 is 0 Å². The van der Waals surface area contributed by atoms with Crippen LogP contribution in [0.1, 0.15) is 18.4 Å². The molecule has 1 amide bonds. The van der Waals surface area contributed by atoms with Gasteiger partial charge in [-0.3, -0.25) is 4.79 Å². The highest BCUT2D eigenvalue weighted by Crippen LogP contribution is 2.25. The molecule has 0 unspecified atom stereocenters. The molecule has 4 heterocycles. The van der Waals surface area contributed by atoms with Gasteiger partial charge in [-0.2, -0.15) is 0 Å². The number of carbonyl (C=O) groups excluding carboxylic acids is 1. The van der Waals surface area contributed by atoms with E-state index < -0.39 is 0 Å². The third-order valence-electron chi connectivity index (χ3n) is 7.37. The van der Waals surface area contributed by atoms with Crippen molar-refractivity contribution in [3.63, 3.8) is 0 Å². The molecule has 38 heavy (non-hydrogen) atoms. The lowest BCUT2D eigenvalue weighted by molar-refractivity contribution is -0.125. The molecule has 10 heteroatoms. The van der Waals surface area contributed by atoms with Crippen LogP contribution < -0.4 is 19.9 Å². The fourth-order valence-corrected chi connectivity index (χ4v) is 4.96. The standard InChI is InChI=1S/C28H36N8O2/c1-21-5-3-4-6-23(21)24-7-8-25(33-32-24)35-12-9-22(10-13-35)28(37)29-11-18-38-27-19-26(30-20-31-27)36-16-14-34(2)15-17-36/h3-8,19-20,22H,9-18H2,1-2H3,(H,29,37). The summed E-state index contributed by atoms with van der Waals surface area (Å²) in [6.45, 7) is 8.35. The molecule has 2 aliphatic heterocycles. The SMILES string of the molecule is Cc1ccccc1-c1ccc(N2CCC(C(=O)NCCOc3cc(N4CCN(C)CC4)ncn3)CC2)nn1. The summed E-state index contributed by atoms with van der Waals surface area (Å²) in [5.74, 6) is 2.35. The summed E-state index contributed by atoms with van der Waals surface area (Å²) >= 11 is 0. The van der Waals surface area contributed by atoms with Crippen molar-refractivity contribution in [2.75, 3.05) is 69.3 Å². The lowest BCUT2D eigenvalue weighted by Crippen LogP contribution is -2.44. The minimum absolute atomic E-state index is 0.00617. The maximum atomic E-state index is 12.7. The first-order chi connectivity index (χ1) is 18.6. The van der Waals surface area contributed by atoms with Gasteiger partial charge in [-0.05, 0) is 44.5 Å². The molecule has 5 rings (SSSR count). The second kappa shape index (κ2) is 12.2. The van der Waals surface area contributed by atoms with Crippen LogP contribution in [0.2, 0.25) is 0 Å². The molecule has 0 atom stereocenters.